The SMILES string of the molecule is CNCC(=O)c1c(C)c(F)cc(C)c1O. The number of nitrogens with one attached hydrogen (secondary N) is 1. The van der Waals surface area contributed by atoms with E-state index in [2.05, 4.69) is 5.32 Å². The molecule has 0 aromatic heterocycles. The number of halogens is 1. The lowest BCUT2D eigenvalue weighted by atomic mass is 9.99. The van der Waals surface area contributed by atoms with Crippen molar-refractivity contribution in [2.45, 2.75) is 13.8 Å². The van der Waals surface area contributed by atoms with Gasteiger partial charge < -0.3 is 10.4 Å². The van der Waals surface area contributed by atoms with Crippen LogP contribution in [0, 0.1) is 19.7 Å². The zero-order valence-electron chi connectivity index (χ0n) is 9.02. The highest BCUT2D eigenvalue weighted by Gasteiger charge is 2.18. The molecule has 0 saturated carbocycles. The van der Waals surface area contributed by atoms with Gasteiger partial charge in [-0.1, -0.05) is 0 Å². The molecule has 1 aromatic rings. The Labute approximate surface area is 87.9 Å². The monoisotopic (exact) mass is 211 g/mol. The zero-order valence-corrected chi connectivity index (χ0v) is 9.02. The lowest BCUT2D eigenvalue weighted by Crippen LogP contribution is -2.20. The van der Waals surface area contributed by atoms with Crippen LogP contribution in [0.5, 0.6) is 5.75 Å². The van der Waals surface area contributed by atoms with Crippen molar-refractivity contribution in [1.82, 2.24) is 5.32 Å². The number of ketones is 1. The highest BCUT2D eigenvalue weighted by molar-refractivity contribution is 6.01. The third-order valence-corrected chi connectivity index (χ3v) is 2.30. The largest absolute Gasteiger partial charge is 0.507 e. The molecule has 4 heteroatoms. The summed E-state index contributed by atoms with van der Waals surface area (Å²) in [4.78, 5) is 11.6. The van der Waals surface area contributed by atoms with Crippen LogP contribution in [0.1, 0.15) is 21.5 Å². The van der Waals surface area contributed by atoms with E-state index in [1.54, 1.807) is 14.0 Å². The van der Waals surface area contributed by atoms with Crippen LogP contribution in [-0.2, 0) is 0 Å². The van der Waals surface area contributed by atoms with Crippen molar-refractivity contribution in [2.24, 2.45) is 0 Å². The number of phenols is 1. The van der Waals surface area contributed by atoms with Gasteiger partial charge in [-0.25, -0.2) is 4.39 Å². The number of rotatable bonds is 3. The summed E-state index contributed by atoms with van der Waals surface area (Å²) in [7, 11) is 1.62. The normalized spacial score (nSPS) is 10.4. The number of carbonyl (C=O) groups excluding carboxylic acids is 1. The minimum absolute atomic E-state index is 0.0712. The van der Waals surface area contributed by atoms with Gasteiger partial charge in [-0.05, 0) is 38.1 Å². The van der Waals surface area contributed by atoms with Gasteiger partial charge in [-0.3, -0.25) is 4.79 Å². The predicted octanol–water partition coefficient (Wildman–Crippen LogP) is 1.55. The summed E-state index contributed by atoms with van der Waals surface area (Å²) in [6.45, 7) is 3.13. The van der Waals surface area contributed by atoms with Crippen LogP contribution in [-0.4, -0.2) is 24.5 Å². The lowest BCUT2D eigenvalue weighted by Gasteiger charge is -2.10. The first-order chi connectivity index (χ1) is 6.99. The van der Waals surface area contributed by atoms with E-state index in [0.29, 0.717) is 5.56 Å². The molecular weight excluding hydrogens is 197 g/mol. The van der Waals surface area contributed by atoms with Gasteiger partial charge in [-0.15, -0.1) is 0 Å². The molecule has 0 atom stereocenters. The molecule has 82 valence electrons. The van der Waals surface area contributed by atoms with Crippen molar-refractivity contribution in [2.75, 3.05) is 13.6 Å². The summed E-state index contributed by atoms with van der Waals surface area (Å²) < 4.78 is 13.3. The topological polar surface area (TPSA) is 49.3 Å². The molecular formula is C11H14FNO2. The van der Waals surface area contributed by atoms with Gasteiger partial charge in [0.15, 0.2) is 5.78 Å². The van der Waals surface area contributed by atoms with E-state index >= 15 is 0 Å². The Hall–Kier alpha value is -1.42. The molecule has 0 aliphatic heterocycles. The number of benzene rings is 1. The summed E-state index contributed by atoms with van der Waals surface area (Å²) in [5.74, 6) is -0.908. The van der Waals surface area contributed by atoms with Gasteiger partial charge in [0.2, 0.25) is 0 Å². The fraction of sp³-hybridized carbons (Fsp3) is 0.364. The molecule has 0 aliphatic carbocycles. The average molecular weight is 211 g/mol. The number of hydrogen-bond donors (Lipinski definition) is 2. The molecule has 3 nitrogen and oxygen atoms in total. The van der Waals surface area contributed by atoms with Gasteiger partial charge in [0, 0.05) is 0 Å². The fourth-order valence-electron chi connectivity index (χ4n) is 1.45. The second-order valence-electron chi connectivity index (χ2n) is 3.48. The molecule has 1 rings (SSSR count). The van der Waals surface area contributed by atoms with E-state index in [-0.39, 0.29) is 29.2 Å². The first-order valence-corrected chi connectivity index (χ1v) is 4.65. The molecule has 0 aliphatic rings. The molecule has 0 heterocycles. The third kappa shape index (κ3) is 2.15. The minimum atomic E-state index is -0.468. The third-order valence-electron chi connectivity index (χ3n) is 2.30. The molecule has 1 aromatic carbocycles. The van der Waals surface area contributed by atoms with Crippen LogP contribution in [0.4, 0.5) is 4.39 Å². The van der Waals surface area contributed by atoms with Crippen molar-refractivity contribution >= 4 is 5.78 Å². The Morgan fingerprint density at radius 3 is 2.67 bits per heavy atom. The first-order valence-electron chi connectivity index (χ1n) is 4.65. The maximum Gasteiger partial charge on any atom is 0.180 e. The quantitative estimate of drug-likeness (QED) is 0.746. The number of hydrogen-bond acceptors (Lipinski definition) is 3. The van der Waals surface area contributed by atoms with Crippen molar-refractivity contribution in [3.05, 3.63) is 28.6 Å². The van der Waals surface area contributed by atoms with Gasteiger partial charge in [0.25, 0.3) is 0 Å². The fourth-order valence-corrected chi connectivity index (χ4v) is 1.45. The second kappa shape index (κ2) is 4.40. The predicted molar refractivity (Wildman–Crippen MR) is 55.8 cm³/mol. The summed E-state index contributed by atoms with van der Waals surface area (Å²) in [6, 6.07) is 1.22. The van der Waals surface area contributed by atoms with Crippen LogP contribution in [0.3, 0.4) is 0 Å². The summed E-state index contributed by atoms with van der Waals surface area (Å²) in [6.07, 6.45) is 0. The smallest absolute Gasteiger partial charge is 0.180 e. The molecule has 0 spiro atoms. The lowest BCUT2D eigenvalue weighted by molar-refractivity contribution is 0.0989. The van der Waals surface area contributed by atoms with Gasteiger partial charge in [0.05, 0.1) is 12.1 Å². The summed E-state index contributed by atoms with van der Waals surface area (Å²) in [5, 5.41) is 12.4. The van der Waals surface area contributed by atoms with Crippen molar-refractivity contribution in [3.8, 4) is 5.75 Å². The molecule has 0 amide bonds. The van der Waals surface area contributed by atoms with E-state index in [0.717, 1.165) is 0 Å². The molecule has 0 bridgehead atoms. The van der Waals surface area contributed by atoms with E-state index < -0.39 is 5.82 Å². The first kappa shape index (κ1) is 11.7. The van der Waals surface area contributed by atoms with E-state index in [1.165, 1.54) is 13.0 Å². The van der Waals surface area contributed by atoms with Crippen LogP contribution >= 0.6 is 0 Å². The second-order valence-corrected chi connectivity index (χ2v) is 3.48. The number of aryl methyl sites for hydroxylation is 1. The van der Waals surface area contributed by atoms with Crippen LogP contribution < -0.4 is 5.32 Å². The summed E-state index contributed by atoms with van der Waals surface area (Å²) in [5.41, 5.74) is 0.637. The van der Waals surface area contributed by atoms with Crippen molar-refractivity contribution in [3.63, 3.8) is 0 Å². The average Bonchev–Trinajstić information content (AvgIpc) is 2.16. The Morgan fingerprint density at radius 1 is 1.53 bits per heavy atom. The number of Topliss-reactive ketones (excluding diaryl/α,β-unsaturated/α-hetero) is 1. The molecule has 2 N–H and O–H groups in total. The number of aromatic hydroxyl groups is 1. The van der Waals surface area contributed by atoms with Gasteiger partial charge in [0.1, 0.15) is 11.6 Å². The maximum atomic E-state index is 13.3. The Morgan fingerprint density at radius 2 is 2.13 bits per heavy atom. The Bertz CT molecular complexity index is 376. The Balaban J connectivity index is 3.32. The minimum Gasteiger partial charge on any atom is -0.507 e. The Kier molecular flexibility index (Phi) is 3.42. The highest BCUT2D eigenvalue weighted by Crippen LogP contribution is 2.27. The zero-order chi connectivity index (χ0) is 11.6. The van der Waals surface area contributed by atoms with E-state index in [1.807, 2.05) is 0 Å². The maximum absolute atomic E-state index is 13.3. The molecule has 15 heavy (non-hydrogen) atoms. The molecule has 0 saturated heterocycles. The van der Waals surface area contributed by atoms with Crippen molar-refractivity contribution in [1.29, 1.82) is 0 Å². The van der Waals surface area contributed by atoms with Gasteiger partial charge in [-0.2, -0.15) is 0 Å². The van der Waals surface area contributed by atoms with Crippen LogP contribution in [0.25, 0.3) is 0 Å². The van der Waals surface area contributed by atoms with E-state index in [9.17, 15) is 14.3 Å². The number of carbonyl (C=O) groups is 1. The standard InChI is InChI=1S/C11H14FNO2/c1-6-4-8(12)7(2)10(11(6)15)9(14)5-13-3/h4,13,15H,5H2,1-3H3. The highest BCUT2D eigenvalue weighted by atomic mass is 19.1. The van der Waals surface area contributed by atoms with Crippen molar-refractivity contribution < 1.29 is 14.3 Å². The summed E-state index contributed by atoms with van der Waals surface area (Å²) >= 11 is 0. The molecule has 0 unspecified atom stereocenters. The van der Waals surface area contributed by atoms with Crippen LogP contribution in [0.15, 0.2) is 6.07 Å². The molecule has 0 fully saturated rings. The number of likely N-dealkylation sites (N-methyl/N-ethyl adjacent to an activating group) is 1. The van der Waals surface area contributed by atoms with Gasteiger partial charge >= 0.3 is 0 Å². The molecule has 0 radical (unpaired) electrons. The number of phenolic OH excluding ortho intramolecular Hbond substituents is 1. The van der Waals surface area contributed by atoms with E-state index in [4.69, 9.17) is 0 Å². The van der Waals surface area contributed by atoms with Crippen LogP contribution in [0.2, 0.25) is 0 Å².